The van der Waals surface area contributed by atoms with Gasteiger partial charge < -0.3 is 29.6 Å². The van der Waals surface area contributed by atoms with Crippen LogP contribution in [-0.2, 0) is 14.2 Å². The van der Waals surface area contributed by atoms with Crippen LogP contribution in [-0.4, -0.2) is 61.8 Å². The Kier molecular flexibility index (Phi) is 9.90. The summed E-state index contributed by atoms with van der Waals surface area (Å²) in [6.45, 7) is 14.3. The van der Waals surface area contributed by atoms with E-state index in [1.807, 2.05) is 0 Å². The highest BCUT2D eigenvalue weighted by atomic mass is 19.1. The molecule has 4 aliphatic carbocycles. The molecule has 1 aliphatic heterocycles. The molecular weight excluding hydrogens is 661 g/mol. The highest BCUT2D eigenvalue weighted by Gasteiger charge is 2.59. The van der Waals surface area contributed by atoms with Crippen LogP contribution in [0.2, 0.25) is 0 Å². The van der Waals surface area contributed by atoms with E-state index < -0.39 is 36.6 Å². The molecule has 0 radical (unpaired) electrons. The first-order valence-corrected chi connectivity index (χ1v) is 19.7. The van der Waals surface area contributed by atoms with Gasteiger partial charge in [0.05, 0.1) is 19.0 Å². The minimum atomic E-state index is -1.64. The fourth-order valence-electron chi connectivity index (χ4n) is 11.5. The molecule has 3 saturated carbocycles. The number of carbonyl (C=O) groups excluding carboxylic acids is 1. The number of ether oxygens (including phenoxy) is 3. The molecule has 3 heterocycles. The molecule has 7 rings (SSSR count). The predicted molar refractivity (Wildman–Crippen MR) is 196 cm³/mol. The van der Waals surface area contributed by atoms with Crippen molar-refractivity contribution in [3.63, 3.8) is 0 Å². The Bertz CT molecular complexity index is 1740. The maximum atomic E-state index is 14.0. The smallest absolute Gasteiger partial charge is 0.431 e. The summed E-state index contributed by atoms with van der Waals surface area (Å²) in [4.78, 5) is 24.5. The normalized spacial score (nSPS) is 38.2. The van der Waals surface area contributed by atoms with Crippen molar-refractivity contribution in [3.05, 3.63) is 24.1 Å². The van der Waals surface area contributed by atoms with Crippen LogP contribution in [0.5, 0.6) is 0 Å². The zero-order chi connectivity index (χ0) is 37.2. The third-order valence-electron chi connectivity index (χ3n) is 15.1. The lowest BCUT2D eigenvalue weighted by atomic mass is 9.47. The van der Waals surface area contributed by atoms with Crippen molar-refractivity contribution in [2.75, 3.05) is 18.9 Å². The molecular formula is C41H58FN5O5. The Morgan fingerprint density at radius 1 is 1.15 bits per heavy atom. The maximum Gasteiger partial charge on any atom is 0.508 e. The minimum Gasteiger partial charge on any atom is -0.431 e. The average molecular weight is 720 g/mol. The van der Waals surface area contributed by atoms with Crippen molar-refractivity contribution in [2.24, 2.45) is 52.3 Å². The van der Waals surface area contributed by atoms with Crippen LogP contribution in [0.4, 0.5) is 15.0 Å². The monoisotopic (exact) mass is 719 g/mol. The van der Waals surface area contributed by atoms with Crippen molar-refractivity contribution in [1.29, 1.82) is 0 Å². The Morgan fingerprint density at radius 3 is 2.69 bits per heavy atom. The molecule has 12 atom stereocenters. The number of aliphatic hydroxyl groups is 1. The van der Waals surface area contributed by atoms with E-state index in [0.717, 1.165) is 54.8 Å². The number of anilines is 1. The fraction of sp³-hybridized carbons (Fsp3) is 0.756. The van der Waals surface area contributed by atoms with Crippen LogP contribution in [0.3, 0.4) is 0 Å². The molecule has 284 valence electrons. The maximum absolute atomic E-state index is 14.0. The van der Waals surface area contributed by atoms with Crippen LogP contribution in [0.1, 0.15) is 112 Å². The molecule has 10 nitrogen and oxygen atoms in total. The zero-order valence-corrected chi connectivity index (χ0v) is 31.8. The summed E-state index contributed by atoms with van der Waals surface area (Å²) in [5.41, 5.74) is 6.46. The SMILES string of the molecule is C#C[C@]1(COC(=O)O[C@H]2CC[C@@]3(C)C(=CC[C@H]4[C@@H]5CC[C@H]([C@H](C)CC[C@@H](C)C(C)C)[C@@]5(C)CC[C@@H]43)C2)OC[C@@H](n2cnc3c(N)nc(F)nc32)[C@@H]1O. The number of fused-ring (bicyclic) bond motifs is 6. The van der Waals surface area contributed by atoms with Crippen LogP contribution >= 0.6 is 0 Å². The summed E-state index contributed by atoms with van der Waals surface area (Å²) in [5, 5.41) is 11.3. The van der Waals surface area contributed by atoms with Crippen LogP contribution < -0.4 is 5.73 Å². The Hall–Kier alpha value is -3.23. The van der Waals surface area contributed by atoms with E-state index in [4.69, 9.17) is 26.4 Å². The summed E-state index contributed by atoms with van der Waals surface area (Å²) < 4.78 is 32.7. The molecule has 0 spiro atoms. The number of nitrogen functional groups attached to an aromatic ring is 1. The first kappa shape index (κ1) is 37.1. The van der Waals surface area contributed by atoms with Gasteiger partial charge in [-0.05, 0) is 97.2 Å². The Morgan fingerprint density at radius 2 is 1.94 bits per heavy atom. The summed E-state index contributed by atoms with van der Waals surface area (Å²) in [5.74, 6) is 7.69. The number of aromatic nitrogens is 4. The highest BCUT2D eigenvalue weighted by molar-refractivity contribution is 5.81. The molecule has 0 bridgehead atoms. The summed E-state index contributed by atoms with van der Waals surface area (Å²) >= 11 is 0. The second-order valence-electron chi connectivity index (χ2n) is 17.8. The first-order valence-electron chi connectivity index (χ1n) is 19.7. The van der Waals surface area contributed by atoms with Crippen LogP contribution in [0.25, 0.3) is 11.2 Å². The molecule has 2 aromatic heterocycles. The summed E-state index contributed by atoms with van der Waals surface area (Å²) in [7, 11) is 0. The van der Waals surface area contributed by atoms with Gasteiger partial charge in [-0.3, -0.25) is 0 Å². The molecule has 0 aromatic carbocycles. The predicted octanol–water partition coefficient (Wildman–Crippen LogP) is 7.66. The second kappa shape index (κ2) is 13.9. The number of halogens is 1. The summed E-state index contributed by atoms with van der Waals surface area (Å²) in [6, 6.07) is -0.776. The number of imidazole rings is 1. The number of rotatable bonds is 9. The van der Waals surface area contributed by atoms with Gasteiger partial charge >= 0.3 is 12.2 Å². The molecule has 4 fully saturated rings. The lowest BCUT2D eigenvalue weighted by molar-refractivity contribution is -0.0784. The number of nitrogens with two attached hydrogens (primary N) is 1. The number of terminal acetylenes is 1. The van der Waals surface area contributed by atoms with E-state index >= 15 is 0 Å². The number of carbonyl (C=O) groups is 1. The van der Waals surface area contributed by atoms with Gasteiger partial charge in [-0.15, -0.1) is 6.42 Å². The minimum absolute atomic E-state index is 0.0461. The van der Waals surface area contributed by atoms with Gasteiger partial charge in [0.2, 0.25) is 0 Å². The number of nitrogens with zero attached hydrogens (tertiary/aromatic N) is 4. The molecule has 0 amide bonds. The van der Waals surface area contributed by atoms with E-state index in [1.54, 1.807) is 0 Å². The fourth-order valence-corrected chi connectivity index (χ4v) is 11.5. The van der Waals surface area contributed by atoms with Gasteiger partial charge in [0.1, 0.15) is 24.3 Å². The van der Waals surface area contributed by atoms with Crippen molar-refractivity contribution in [1.82, 2.24) is 19.5 Å². The molecule has 2 aromatic rings. The van der Waals surface area contributed by atoms with Crippen molar-refractivity contribution in [2.45, 2.75) is 130 Å². The molecule has 0 unspecified atom stereocenters. The highest BCUT2D eigenvalue weighted by Crippen LogP contribution is 2.67. The Labute approximate surface area is 307 Å². The van der Waals surface area contributed by atoms with E-state index in [0.29, 0.717) is 17.8 Å². The molecule has 11 heteroatoms. The number of aliphatic hydroxyl groups excluding tert-OH is 1. The van der Waals surface area contributed by atoms with Gasteiger partial charge in [-0.2, -0.15) is 14.4 Å². The number of hydrogen-bond donors (Lipinski definition) is 2. The number of allylic oxidation sites excluding steroid dienone is 1. The average Bonchev–Trinajstić information content (AvgIpc) is 3.79. The van der Waals surface area contributed by atoms with Gasteiger partial charge in [-0.1, -0.05) is 72.0 Å². The number of hydrogen-bond acceptors (Lipinski definition) is 9. The lowest BCUT2D eigenvalue weighted by Crippen LogP contribution is -2.51. The van der Waals surface area contributed by atoms with Crippen LogP contribution in [0.15, 0.2) is 18.0 Å². The third kappa shape index (κ3) is 6.19. The molecule has 5 aliphatic rings. The molecule has 3 N–H and O–H groups in total. The lowest BCUT2D eigenvalue weighted by Gasteiger charge is -2.58. The largest absolute Gasteiger partial charge is 0.508 e. The standard InChI is InChI=1S/C41H58FN5O5/c1-8-41(34(48)32(20-51-41)47-22-44-33-35(43)45-37(42)46-36(33)47)21-50-38(49)52-27-15-17-39(6)26(19-27)11-12-28-30-14-13-29(40(30,7)18-16-31(28)39)25(5)10-9-24(4)23(2)3/h1,11,22-25,27-32,34,48H,9-10,12-21H2,2-7H3,(H2,43,45,46)/t24-,25-,27+,28+,29-,30+,31+,32-,34+,39+,40-,41-/m1/s1. The van der Waals surface area contributed by atoms with E-state index in [-0.39, 0.29) is 35.1 Å². The van der Waals surface area contributed by atoms with Crippen molar-refractivity contribution < 1.29 is 28.5 Å². The third-order valence-corrected chi connectivity index (χ3v) is 15.1. The molecule has 52 heavy (non-hydrogen) atoms. The van der Waals surface area contributed by atoms with Crippen molar-refractivity contribution >= 4 is 23.1 Å². The van der Waals surface area contributed by atoms with E-state index in [2.05, 4.69) is 68.5 Å². The first-order chi connectivity index (χ1) is 24.7. The quantitative estimate of drug-likeness (QED) is 0.116. The van der Waals surface area contributed by atoms with Gasteiger partial charge in [0, 0.05) is 6.42 Å². The van der Waals surface area contributed by atoms with Gasteiger partial charge in [-0.25, -0.2) is 9.78 Å². The Balaban J connectivity index is 0.953. The van der Waals surface area contributed by atoms with Gasteiger partial charge in [0.25, 0.3) is 0 Å². The van der Waals surface area contributed by atoms with Gasteiger partial charge in [0.15, 0.2) is 17.1 Å². The topological polar surface area (TPSA) is 135 Å². The zero-order valence-electron chi connectivity index (χ0n) is 31.8. The van der Waals surface area contributed by atoms with Crippen LogP contribution in [0, 0.1) is 70.7 Å². The summed E-state index contributed by atoms with van der Waals surface area (Å²) in [6.07, 6.45) is 17.9. The van der Waals surface area contributed by atoms with Crippen molar-refractivity contribution in [3.8, 4) is 12.3 Å². The second-order valence-corrected chi connectivity index (χ2v) is 17.8. The molecule has 1 saturated heterocycles. The van der Waals surface area contributed by atoms with E-state index in [1.165, 1.54) is 55.0 Å². The van der Waals surface area contributed by atoms with E-state index in [9.17, 15) is 14.3 Å².